The summed E-state index contributed by atoms with van der Waals surface area (Å²) in [6.07, 6.45) is -4.62. The van der Waals surface area contributed by atoms with Crippen molar-refractivity contribution in [2.45, 2.75) is 11.3 Å². The predicted molar refractivity (Wildman–Crippen MR) is 109 cm³/mol. The van der Waals surface area contributed by atoms with Crippen LogP contribution in [0.2, 0.25) is 0 Å². The third-order valence-corrected chi connectivity index (χ3v) is 5.56. The van der Waals surface area contributed by atoms with Crippen LogP contribution in [0.15, 0.2) is 35.5 Å². The molecule has 1 saturated heterocycles. The van der Waals surface area contributed by atoms with Crippen molar-refractivity contribution < 1.29 is 32.3 Å². The predicted octanol–water partition coefficient (Wildman–Crippen LogP) is 1.29. The smallest absolute Gasteiger partial charge is 0.433 e. The second-order valence-corrected chi connectivity index (χ2v) is 7.84. The summed E-state index contributed by atoms with van der Waals surface area (Å²) in [7, 11) is 1.50. The molecule has 1 aromatic heterocycles. The molecule has 1 aliphatic rings. The van der Waals surface area contributed by atoms with Crippen LogP contribution in [0.1, 0.15) is 5.69 Å². The second kappa shape index (κ2) is 10.8. The van der Waals surface area contributed by atoms with Gasteiger partial charge in [0.2, 0.25) is 5.91 Å². The first-order valence-electron chi connectivity index (χ1n) is 9.76. The number of alkyl halides is 3. The van der Waals surface area contributed by atoms with Crippen molar-refractivity contribution in [2.75, 3.05) is 52.3 Å². The van der Waals surface area contributed by atoms with Gasteiger partial charge in [0, 0.05) is 5.56 Å². The van der Waals surface area contributed by atoms with Crippen molar-refractivity contribution in [3.63, 3.8) is 0 Å². The highest BCUT2D eigenvalue weighted by Gasteiger charge is 2.34. The molecule has 31 heavy (non-hydrogen) atoms. The van der Waals surface area contributed by atoms with Gasteiger partial charge in [0.1, 0.15) is 24.5 Å². The van der Waals surface area contributed by atoms with E-state index in [1.165, 1.54) is 12.0 Å². The minimum absolute atomic E-state index is 0.0677. The van der Waals surface area contributed by atoms with E-state index < -0.39 is 11.9 Å². The fraction of sp³-hybridized carbons (Fsp3) is 0.450. The Labute approximate surface area is 182 Å². The maximum absolute atomic E-state index is 13.3. The van der Waals surface area contributed by atoms with Crippen LogP contribution in [0, 0.1) is 0 Å². The first-order chi connectivity index (χ1) is 14.8. The van der Waals surface area contributed by atoms with Crippen LogP contribution in [0.3, 0.4) is 0 Å². The number of methoxy groups -OCH3 is 1. The number of carbonyl (C=O) groups is 1. The lowest BCUT2D eigenvalue weighted by atomic mass is 10.1. The maximum atomic E-state index is 13.3. The monoisotopic (exact) mass is 457 g/mol. The van der Waals surface area contributed by atoms with Crippen LogP contribution in [0.4, 0.5) is 13.2 Å². The lowest BCUT2D eigenvalue weighted by molar-refractivity contribution is -0.906. The van der Waals surface area contributed by atoms with E-state index in [9.17, 15) is 18.0 Å². The molecule has 1 fully saturated rings. The summed E-state index contributed by atoms with van der Waals surface area (Å²) >= 11 is 0.876. The Hall–Kier alpha value is -2.37. The summed E-state index contributed by atoms with van der Waals surface area (Å²) in [6.45, 7) is 4.50. The number of thioether (sulfide) groups is 1. The number of carbonyl (C=O) groups excluding carboxylic acids is 1. The third-order valence-electron chi connectivity index (χ3n) is 4.71. The average molecular weight is 457 g/mol. The summed E-state index contributed by atoms with van der Waals surface area (Å²) in [5, 5.41) is 2.69. The summed E-state index contributed by atoms with van der Waals surface area (Å²) in [5.41, 5.74) is -0.426. The largest absolute Gasteiger partial charge is 0.497 e. The number of hydrogen-bond donors (Lipinski definition) is 2. The molecule has 3 rings (SSSR count). The molecule has 0 saturated carbocycles. The molecular weight excluding hydrogens is 433 g/mol. The molecule has 0 bridgehead atoms. The highest BCUT2D eigenvalue weighted by Crippen LogP contribution is 2.32. The zero-order valence-electron chi connectivity index (χ0n) is 17.0. The lowest BCUT2D eigenvalue weighted by Crippen LogP contribution is -3.14. The van der Waals surface area contributed by atoms with Gasteiger partial charge in [0.05, 0.1) is 44.9 Å². The standard InChI is InChI=1S/C20H23F3N4O3S/c1-29-15-4-2-14(3-5-15)16-12-17(20(21,22)23)26-19(25-16)31-13-18(28)24-6-7-27-8-10-30-11-9-27/h2-5,12H,6-11,13H2,1H3,(H,24,28)/p+1. The van der Waals surface area contributed by atoms with Gasteiger partial charge >= 0.3 is 6.18 Å². The summed E-state index contributed by atoms with van der Waals surface area (Å²) in [4.78, 5) is 21.3. The molecule has 168 valence electrons. The van der Waals surface area contributed by atoms with Crippen LogP contribution in [0.25, 0.3) is 11.3 Å². The first kappa shape index (κ1) is 23.3. The van der Waals surface area contributed by atoms with E-state index in [4.69, 9.17) is 9.47 Å². The molecule has 2 N–H and O–H groups in total. The summed E-state index contributed by atoms with van der Waals surface area (Å²) < 4.78 is 50.3. The van der Waals surface area contributed by atoms with Gasteiger partial charge in [0.15, 0.2) is 5.16 Å². The van der Waals surface area contributed by atoms with Crippen LogP contribution in [0.5, 0.6) is 5.75 Å². The van der Waals surface area contributed by atoms with Gasteiger partial charge in [-0.15, -0.1) is 0 Å². The molecule has 1 aliphatic heterocycles. The lowest BCUT2D eigenvalue weighted by Gasteiger charge is -2.23. The zero-order valence-corrected chi connectivity index (χ0v) is 17.8. The Bertz CT molecular complexity index is 875. The van der Waals surface area contributed by atoms with Gasteiger partial charge in [-0.2, -0.15) is 13.2 Å². The highest BCUT2D eigenvalue weighted by atomic mass is 32.2. The van der Waals surface area contributed by atoms with E-state index in [2.05, 4.69) is 15.3 Å². The molecule has 0 aliphatic carbocycles. The van der Waals surface area contributed by atoms with E-state index in [1.807, 2.05) is 0 Å². The van der Waals surface area contributed by atoms with E-state index in [0.29, 0.717) is 31.1 Å². The number of halogens is 3. The Kier molecular flexibility index (Phi) is 8.10. The Morgan fingerprint density at radius 2 is 1.94 bits per heavy atom. The van der Waals surface area contributed by atoms with Gasteiger partial charge in [0.25, 0.3) is 0 Å². The van der Waals surface area contributed by atoms with E-state index in [-0.39, 0.29) is 22.5 Å². The first-order valence-corrected chi connectivity index (χ1v) is 10.8. The minimum Gasteiger partial charge on any atom is -0.497 e. The van der Waals surface area contributed by atoms with Crippen molar-refractivity contribution in [3.8, 4) is 17.0 Å². The Morgan fingerprint density at radius 1 is 1.23 bits per heavy atom. The van der Waals surface area contributed by atoms with Crippen molar-refractivity contribution >= 4 is 17.7 Å². The van der Waals surface area contributed by atoms with Crippen LogP contribution in [-0.2, 0) is 15.7 Å². The molecule has 1 amide bonds. The molecular formula is C20H24F3N4O3S+. The molecule has 11 heteroatoms. The average Bonchev–Trinajstić information content (AvgIpc) is 2.78. The van der Waals surface area contributed by atoms with Crippen LogP contribution >= 0.6 is 11.8 Å². The fourth-order valence-electron chi connectivity index (χ4n) is 3.01. The van der Waals surface area contributed by atoms with Crippen molar-refractivity contribution in [1.29, 1.82) is 0 Å². The highest BCUT2D eigenvalue weighted by molar-refractivity contribution is 7.99. The summed E-state index contributed by atoms with van der Waals surface area (Å²) in [5.74, 6) is 0.241. The number of quaternary nitrogens is 1. The number of benzene rings is 1. The number of rotatable bonds is 8. The number of hydrogen-bond acceptors (Lipinski definition) is 6. The van der Waals surface area contributed by atoms with Crippen LogP contribution < -0.4 is 15.0 Å². The molecule has 1 aromatic carbocycles. The quantitative estimate of drug-likeness (QED) is 0.460. The van der Waals surface area contributed by atoms with Gasteiger partial charge < -0.3 is 19.7 Å². The number of amides is 1. The number of nitrogens with one attached hydrogen (secondary N) is 2. The third kappa shape index (κ3) is 7.08. The SMILES string of the molecule is COc1ccc(-c2cc(C(F)(F)F)nc(SCC(=O)NCC[NH+]3CCOCC3)n2)cc1. The molecule has 7 nitrogen and oxygen atoms in total. The van der Waals surface area contributed by atoms with Gasteiger partial charge in [-0.05, 0) is 30.3 Å². The van der Waals surface area contributed by atoms with Gasteiger partial charge in [-0.25, -0.2) is 9.97 Å². The number of aromatic nitrogens is 2. The van der Waals surface area contributed by atoms with E-state index >= 15 is 0 Å². The molecule has 0 spiro atoms. The van der Waals surface area contributed by atoms with Gasteiger partial charge in [-0.1, -0.05) is 11.8 Å². The van der Waals surface area contributed by atoms with Crippen molar-refractivity contribution in [1.82, 2.24) is 15.3 Å². The van der Waals surface area contributed by atoms with Crippen molar-refractivity contribution in [2.24, 2.45) is 0 Å². The maximum Gasteiger partial charge on any atom is 0.433 e. The molecule has 0 atom stereocenters. The minimum atomic E-state index is -4.62. The zero-order chi connectivity index (χ0) is 22.3. The second-order valence-electron chi connectivity index (χ2n) is 6.90. The number of ether oxygens (including phenoxy) is 2. The summed E-state index contributed by atoms with van der Waals surface area (Å²) in [6, 6.07) is 7.42. The molecule has 2 aromatic rings. The Morgan fingerprint density at radius 3 is 2.58 bits per heavy atom. The number of nitrogens with zero attached hydrogens (tertiary/aromatic N) is 2. The van der Waals surface area contributed by atoms with Crippen molar-refractivity contribution in [3.05, 3.63) is 36.0 Å². The normalized spacial score (nSPS) is 15.0. The van der Waals surface area contributed by atoms with E-state index in [0.717, 1.165) is 37.5 Å². The molecule has 0 radical (unpaired) electrons. The molecule has 2 heterocycles. The van der Waals surface area contributed by atoms with Crippen LogP contribution in [-0.4, -0.2) is 68.1 Å². The number of morpholine rings is 1. The topological polar surface area (TPSA) is 77.8 Å². The van der Waals surface area contributed by atoms with Gasteiger partial charge in [-0.3, -0.25) is 4.79 Å². The van der Waals surface area contributed by atoms with E-state index in [1.54, 1.807) is 24.3 Å². The Balaban J connectivity index is 1.63. The fourth-order valence-corrected chi connectivity index (χ4v) is 3.70. The molecule has 0 unspecified atom stereocenters.